The Bertz CT molecular complexity index is 1040. The number of hydrogen-bond acceptors (Lipinski definition) is 5. The van der Waals surface area contributed by atoms with E-state index in [9.17, 15) is 19.5 Å². The van der Waals surface area contributed by atoms with Crippen molar-refractivity contribution in [3.63, 3.8) is 0 Å². The zero-order valence-electron chi connectivity index (χ0n) is 23.0. The Morgan fingerprint density at radius 2 is 1.57 bits per heavy atom. The third kappa shape index (κ3) is 9.53. The molecule has 2 aromatic carbocycles. The van der Waals surface area contributed by atoms with Gasteiger partial charge in [0.15, 0.2) is 0 Å². The molecule has 0 saturated carbocycles. The molecule has 3 N–H and O–H groups in total. The highest BCUT2D eigenvalue weighted by Crippen LogP contribution is 2.25. The summed E-state index contributed by atoms with van der Waals surface area (Å²) >= 11 is 0. The number of nitrogens with zero attached hydrogens (tertiary/aromatic N) is 1. The van der Waals surface area contributed by atoms with E-state index in [4.69, 9.17) is 4.74 Å². The maximum Gasteiger partial charge on any atom is 0.408 e. The van der Waals surface area contributed by atoms with Gasteiger partial charge in [0, 0.05) is 19.0 Å². The Labute approximate surface area is 220 Å². The first-order valence-electron chi connectivity index (χ1n) is 12.6. The molecule has 2 aromatic rings. The molecule has 3 amide bonds. The van der Waals surface area contributed by atoms with Crippen molar-refractivity contribution < 1.29 is 24.2 Å². The number of ether oxygens (including phenoxy) is 1. The minimum atomic E-state index is -1.02. The first kappa shape index (κ1) is 29.8. The van der Waals surface area contributed by atoms with Crippen molar-refractivity contribution in [1.82, 2.24) is 15.5 Å². The number of aliphatic hydroxyl groups excluding tert-OH is 1. The minimum Gasteiger partial charge on any atom is -0.444 e. The van der Waals surface area contributed by atoms with E-state index < -0.39 is 29.7 Å². The summed E-state index contributed by atoms with van der Waals surface area (Å²) < 4.78 is 5.42. The highest BCUT2D eigenvalue weighted by atomic mass is 16.6. The van der Waals surface area contributed by atoms with Crippen molar-refractivity contribution >= 4 is 17.9 Å². The van der Waals surface area contributed by atoms with Gasteiger partial charge in [-0.2, -0.15) is 0 Å². The fraction of sp³-hybridized carbons (Fsp3) is 0.483. The van der Waals surface area contributed by atoms with Gasteiger partial charge in [-0.25, -0.2) is 4.79 Å². The van der Waals surface area contributed by atoms with Crippen LogP contribution in [-0.4, -0.2) is 58.8 Å². The van der Waals surface area contributed by atoms with Crippen LogP contribution in [0.5, 0.6) is 0 Å². The molecule has 0 heterocycles. The largest absolute Gasteiger partial charge is 0.444 e. The van der Waals surface area contributed by atoms with E-state index in [-0.39, 0.29) is 31.5 Å². The molecule has 0 radical (unpaired) electrons. The van der Waals surface area contributed by atoms with E-state index in [1.807, 2.05) is 76.2 Å². The van der Waals surface area contributed by atoms with E-state index in [0.29, 0.717) is 5.56 Å². The lowest BCUT2D eigenvalue weighted by Gasteiger charge is -2.34. The zero-order chi connectivity index (χ0) is 27.8. The Morgan fingerprint density at radius 1 is 0.973 bits per heavy atom. The number of alkyl carbamates (subject to hydrolysis) is 1. The van der Waals surface area contributed by atoms with Crippen LogP contribution in [0, 0.1) is 13.8 Å². The smallest absolute Gasteiger partial charge is 0.408 e. The monoisotopic (exact) mass is 511 g/mol. The number of rotatable bonds is 10. The highest BCUT2D eigenvalue weighted by Gasteiger charge is 2.36. The lowest BCUT2D eigenvalue weighted by molar-refractivity contribution is -0.143. The summed E-state index contributed by atoms with van der Waals surface area (Å²) in [6, 6.07) is 12.8. The summed E-state index contributed by atoms with van der Waals surface area (Å²) in [5.74, 6) is -0.857. The van der Waals surface area contributed by atoms with Gasteiger partial charge in [0.05, 0.1) is 6.61 Å². The Kier molecular flexibility index (Phi) is 10.7. The van der Waals surface area contributed by atoms with Crippen molar-refractivity contribution in [2.75, 3.05) is 13.2 Å². The molecular weight excluding hydrogens is 470 g/mol. The molecule has 0 aromatic heterocycles. The molecule has 0 spiro atoms. The normalized spacial score (nSPS) is 13.0. The average molecular weight is 512 g/mol. The van der Waals surface area contributed by atoms with Crippen LogP contribution in [0.15, 0.2) is 48.5 Å². The van der Waals surface area contributed by atoms with Gasteiger partial charge >= 0.3 is 6.09 Å². The highest BCUT2D eigenvalue weighted by molar-refractivity contribution is 5.92. The second-order valence-corrected chi connectivity index (χ2v) is 10.6. The molecule has 37 heavy (non-hydrogen) atoms. The molecule has 2 atom stereocenters. The molecule has 2 unspecified atom stereocenters. The molecule has 0 saturated heterocycles. The average Bonchev–Trinajstić information content (AvgIpc) is 2.76. The third-order valence-corrected chi connectivity index (χ3v) is 5.45. The first-order chi connectivity index (χ1) is 17.3. The van der Waals surface area contributed by atoms with Gasteiger partial charge in [-0.3, -0.25) is 9.59 Å². The number of amides is 3. The summed E-state index contributed by atoms with van der Waals surface area (Å²) in [6.45, 7) is 12.3. The van der Waals surface area contributed by atoms with Crippen LogP contribution >= 0.6 is 0 Å². The van der Waals surface area contributed by atoms with Crippen LogP contribution in [0.25, 0.3) is 0 Å². The fourth-order valence-corrected chi connectivity index (χ4v) is 4.18. The number of aryl methyl sites for hydroxylation is 2. The van der Waals surface area contributed by atoms with Crippen molar-refractivity contribution in [1.29, 1.82) is 0 Å². The van der Waals surface area contributed by atoms with Gasteiger partial charge in [0.25, 0.3) is 0 Å². The maximum absolute atomic E-state index is 14.1. The lowest BCUT2D eigenvalue weighted by Crippen LogP contribution is -2.54. The molecular formula is C29H41N3O5. The van der Waals surface area contributed by atoms with E-state index in [0.717, 1.165) is 16.7 Å². The van der Waals surface area contributed by atoms with Gasteiger partial charge in [-0.15, -0.1) is 0 Å². The molecule has 0 aliphatic carbocycles. The van der Waals surface area contributed by atoms with Crippen molar-refractivity contribution in [3.05, 3.63) is 70.8 Å². The fourth-order valence-electron chi connectivity index (χ4n) is 4.18. The molecule has 0 aliphatic heterocycles. The number of aliphatic hydroxyl groups is 1. The number of nitrogens with one attached hydrogen (secondary N) is 2. The van der Waals surface area contributed by atoms with Crippen LogP contribution in [0.3, 0.4) is 0 Å². The van der Waals surface area contributed by atoms with E-state index in [2.05, 4.69) is 10.6 Å². The lowest BCUT2D eigenvalue weighted by atomic mass is 9.97. The zero-order valence-corrected chi connectivity index (χ0v) is 23.0. The molecule has 0 bridgehead atoms. The summed E-state index contributed by atoms with van der Waals surface area (Å²) in [4.78, 5) is 41.6. The quantitative estimate of drug-likeness (QED) is 0.449. The SMILES string of the molecule is Cc1cc(C)cc(C(C(=O)NC(C)C)N(CCO)C(=O)C(Cc2ccccc2)NC(=O)OC(C)(C)C)c1. The van der Waals surface area contributed by atoms with Crippen molar-refractivity contribution in [2.24, 2.45) is 0 Å². The van der Waals surface area contributed by atoms with Crippen LogP contribution in [0.4, 0.5) is 4.79 Å². The summed E-state index contributed by atoms with van der Waals surface area (Å²) in [5, 5.41) is 15.5. The summed E-state index contributed by atoms with van der Waals surface area (Å²) in [6.07, 6.45) is -0.549. The maximum atomic E-state index is 14.1. The standard InChI is InChI=1S/C29H41N3O5/c1-19(2)30-26(34)25(23-16-20(3)15-21(4)17-23)32(13-14-33)27(35)24(18-22-11-9-8-10-12-22)31-28(36)37-29(5,6)7/h8-12,15-17,19,24-25,33H,13-14,18H2,1-7H3,(H,30,34)(H,31,36). The van der Waals surface area contributed by atoms with Crippen molar-refractivity contribution in [2.45, 2.75) is 78.6 Å². The van der Waals surface area contributed by atoms with Gasteiger partial charge in [0.2, 0.25) is 11.8 Å². The topological polar surface area (TPSA) is 108 Å². The van der Waals surface area contributed by atoms with Gasteiger partial charge in [-0.05, 0) is 59.6 Å². The number of carbonyl (C=O) groups is 3. The van der Waals surface area contributed by atoms with E-state index in [1.165, 1.54) is 4.90 Å². The van der Waals surface area contributed by atoms with Gasteiger partial charge in [0.1, 0.15) is 17.7 Å². The van der Waals surface area contributed by atoms with Crippen LogP contribution < -0.4 is 10.6 Å². The minimum absolute atomic E-state index is 0.0940. The third-order valence-electron chi connectivity index (χ3n) is 5.45. The number of carbonyl (C=O) groups excluding carboxylic acids is 3. The predicted molar refractivity (Wildman–Crippen MR) is 144 cm³/mol. The molecule has 0 aliphatic rings. The first-order valence-corrected chi connectivity index (χ1v) is 12.6. The Balaban J connectivity index is 2.54. The van der Waals surface area contributed by atoms with E-state index >= 15 is 0 Å². The van der Waals surface area contributed by atoms with Crippen molar-refractivity contribution in [3.8, 4) is 0 Å². The number of benzene rings is 2. The second kappa shape index (κ2) is 13.2. The summed E-state index contributed by atoms with van der Waals surface area (Å²) in [5.41, 5.74) is 2.60. The number of hydrogen-bond donors (Lipinski definition) is 3. The predicted octanol–water partition coefficient (Wildman–Crippen LogP) is 3.83. The van der Waals surface area contributed by atoms with Gasteiger partial charge in [-0.1, -0.05) is 59.7 Å². The molecule has 202 valence electrons. The molecule has 0 fully saturated rings. The summed E-state index contributed by atoms with van der Waals surface area (Å²) in [7, 11) is 0. The van der Waals surface area contributed by atoms with Gasteiger partial charge < -0.3 is 25.4 Å². The van der Waals surface area contributed by atoms with E-state index in [1.54, 1.807) is 20.8 Å². The Hall–Kier alpha value is -3.39. The Morgan fingerprint density at radius 3 is 2.08 bits per heavy atom. The van der Waals surface area contributed by atoms with Crippen LogP contribution in [0.1, 0.15) is 62.9 Å². The molecule has 8 heteroatoms. The molecule has 2 rings (SSSR count). The van der Waals surface area contributed by atoms with Crippen LogP contribution in [-0.2, 0) is 20.7 Å². The second-order valence-electron chi connectivity index (χ2n) is 10.6. The molecule has 8 nitrogen and oxygen atoms in total. The van der Waals surface area contributed by atoms with Crippen LogP contribution in [0.2, 0.25) is 0 Å².